The summed E-state index contributed by atoms with van der Waals surface area (Å²) in [5, 5.41) is 0. The average molecular weight is 414 g/mol. The zero-order valence-electron chi connectivity index (χ0n) is 18.7. The van der Waals surface area contributed by atoms with Crippen LogP contribution in [0.2, 0.25) is 0 Å². The van der Waals surface area contributed by atoms with Crippen LogP contribution in [-0.4, -0.2) is 35.9 Å². The first-order chi connectivity index (χ1) is 14.4. The molecule has 0 radical (unpaired) electrons. The summed E-state index contributed by atoms with van der Waals surface area (Å²) in [4.78, 5) is 2.60. The fourth-order valence-electron chi connectivity index (χ4n) is 4.77. The molecule has 0 N–H and O–H groups in total. The maximum atomic E-state index is 13.7. The minimum atomic E-state index is -1.30. The monoisotopic (exact) mass is 413 g/mol. The highest BCUT2D eigenvalue weighted by atomic mass is 19.2. The van der Waals surface area contributed by atoms with Gasteiger partial charge in [0, 0.05) is 18.6 Å². The second-order valence-electron chi connectivity index (χ2n) is 9.24. The Bertz CT molecular complexity index is 743. The number of benzene rings is 2. The number of halogens is 2. The van der Waals surface area contributed by atoms with Crippen molar-refractivity contribution in [2.24, 2.45) is 0 Å². The highest BCUT2D eigenvalue weighted by molar-refractivity contribution is 5.26. The van der Waals surface area contributed by atoms with E-state index in [1.54, 1.807) is 0 Å². The van der Waals surface area contributed by atoms with E-state index in [1.807, 2.05) is 0 Å². The molecule has 0 heterocycles. The number of nitrogens with zero attached hydrogens (tertiary/aromatic N) is 1. The van der Waals surface area contributed by atoms with Crippen LogP contribution < -0.4 is 0 Å². The molecular formula is C27H37F2N. The van der Waals surface area contributed by atoms with Crippen LogP contribution in [0.3, 0.4) is 0 Å². The third-order valence-corrected chi connectivity index (χ3v) is 6.73. The Balaban J connectivity index is 1.50. The smallest absolute Gasteiger partial charge is 0.132 e. The Morgan fingerprint density at radius 2 is 1.50 bits per heavy atom. The predicted octanol–water partition coefficient (Wildman–Crippen LogP) is 6.90. The standard InChI is InChI=1S/C27H37F2N/c1-20(2)30(18-17-22-7-5-4-6-8-22)21(3)9-10-23-11-13-24(14-12-23)25-15-16-26(28)27(29)19-25/h4-8,11-14,20-21,25-27H,9-10,15-19H2,1-3H3. The highest BCUT2D eigenvalue weighted by Crippen LogP contribution is 2.35. The minimum absolute atomic E-state index is 0.161. The predicted molar refractivity (Wildman–Crippen MR) is 123 cm³/mol. The van der Waals surface area contributed by atoms with Gasteiger partial charge in [-0.1, -0.05) is 54.6 Å². The van der Waals surface area contributed by atoms with E-state index in [0.717, 1.165) is 37.8 Å². The van der Waals surface area contributed by atoms with Gasteiger partial charge < -0.3 is 0 Å². The summed E-state index contributed by atoms with van der Waals surface area (Å²) in [7, 11) is 0. The van der Waals surface area contributed by atoms with E-state index < -0.39 is 12.3 Å². The molecular weight excluding hydrogens is 376 g/mol. The third kappa shape index (κ3) is 6.38. The molecule has 3 heteroatoms. The molecule has 3 rings (SSSR count). The molecule has 1 aliphatic carbocycles. The Morgan fingerprint density at radius 1 is 0.833 bits per heavy atom. The summed E-state index contributed by atoms with van der Waals surface area (Å²) < 4.78 is 27.1. The van der Waals surface area contributed by atoms with E-state index in [2.05, 4.69) is 80.3 Å². The van der Waals surface area contributed by atoms with Crippen molar-refractivity contribution < 1.29 is 8.78 Å². The fourth-order valence-corrected chi connectivity index (χ4v) is 4.77. The highest BCUT2D eigenvalue weighted by Gasteiger charge is 2.31. The van der Waals surface area contributed by atoms with Crippen molar-refractivity contribution in [1.82, 2.24) is 4.90 Å². The van der Waals surface area contributed by atoms with Crippen molar-refractivity contribution in [3.63, 3.8) is 0 Å². The number of hydrogen-bond donors (Lipinski definition) is 0. The molecule has 30 heavy (non-hydrogen) atoms. The first-order valence-electron chi connectivity index (χ1n) is 11.6. The topological polar surface area (TPSA) is 3.24 Å². The van der Waals surface area contributed by atoms with Crippen LogP contribution in [0.5, 0.6) is 0 Å². The van der Waals surface area contributed by atoms with E-state index in [-0.39, 0.29) is 5.92 Å². The van der Waals surface area contributed by atoms with Crippen molar-refractivity contribution in [2.45, 2.75) is 89.6 Å². The van der Waals surface area contributed by atoms with Crippen LogP contribution in [0.1, 0.15) is 69.1 Å². The molecule has 0 aliphatic heterocycles. The summed E-state index contributed by atoms with van der Waals surface area (Å²) in [6, 6.07) is 20.4. The molecule has 1 fully saturated rings. The molecule has 0 saturated heterocycles. The molecule has 2 aromatic carbocycles. The summed E-state index contributed by atoms with van der Waals surface area (Å²) in [6.07, 6.45) is 2.08. The van der Waals surface area contributed by atoms with Crippen LogP contribution >= 0.6 is 0 Å². The largest absolute Gasteiger partial charge is 0.298 e. The van der Waals surface area contributed by atoms with Gasteiger partial charge in [0.2, 0.25) is 0 Å². The second-order valence-corrected chi connectivity index (χ2v) is 9.24. The zero-order valence-corrected chi connectivity index (χ0v) is 18.7. The molecule has 0 amide bonds. The first-order valence-corrected chi connectivity index (χ1v) is 11.6. The Labute approximate surface area is 181 Å². The minimum Gasteiger partial charge on any atom is -0.298 e. The Kier molecular flexibility index (Phi) is 8.44. The molecule has 4 unspecified atom stereocenters. The molecule has 0 spiro atoms. The molecule has 1 aliphatic rings. The molecule has 1 nitrogen and oxygen atoms in total. The van der Waals surface area contributed by atoms with Crippen LogP contribution in [0.15, 0.2) is 54.6 Å². The molecule has 0 bridgehead atoms. The average Bonchev–Trinajstić information content (AvgIpc) is 2.75. The molecule has 1 saturated carbocycles. The van der Waals surface area contributed by atoms with Gasteiger partial charge in [0.05, 0.1) is 0 Å². The van der Waals surface area contributed by atoms with Gasteiger partial charge in [-0.2, -0.15) is 0 Å². The summed E-state index contributed by atoms with van der Waals surface area (Å²) in [5.74, 6) is 0.161. The number of rotatable bonds is 9. The van der Waals surface area contributed by atoms with Gasteiger partial charge >= 0.3 is 0 Å². The zero-order chi connectivity index (χ0) is 21.5. The number of aryl methyl sites for hydroxylation is 1. The lowest BCUT2D eigenvalue weighted by atomic mass is 9.82. The fraction of sp³-hybridized carbons (Fsp3) is 0.556. The van der Waals surface area contributed by atoms with Crippen molar-refractivity contribution >= 4 is 0 Å². The van der Waals surface area contributed by atoms with E-state index in [0.29, 0.717) is 24.9 Å². The molecule has 2 aromatic rings. The number of alkyl halides is 2. The lowest BCUT2D eigenvalue weighted by Crippen LogP contribution is -2.40. The lowest BCUT2D eigenvalue weighted by Gasteiger charge is -2.33. The van der Waals surface area contributed by atoms with Gasteiger partial charge in [-0.15, -0.1) is 0 Å². The van der Waals surface area contributed by atoms with Crippen molar-refractivity contribution in [1.29, 1.82) is 0 Å². The van der Waals surface area contributed by atoms with Gasteiger partial charge in [0.25, 0.3) is 0 Å². The van der Waals surface area contributed by atoms with Gasteiger partial charge in [-0.3, -0.25) is 4.90 Å². The molecule has 4 atom stereocenters. The van der Waals surface area contributed by atoms with Gasteiger partial charge in [0.1, 0.15) is 12.3 Å². The SMILES string of the molecule is CC(C)N(CCc1ccccc1)C(C)CCc1ccc(C2CCC(F)C(F)C2)cc1. The normalized spacial score (nSPS) is 23.1. The van der Waals surface area contributed by atoms with Crippen LogP contribution in [0.25, 0.3) is 0 Å². The Hall–Kier alpha value is -1.74. The van der Waals surface area contributed by atoms with Crippen molar-refractivity contribution in [2.75, 3.05) is 6.54 Å². The van der Waals surface area contributed by atoms with Crippen LogP contribution in [0, 0.1) is 0 Å². The molecule has 0 aromatic heterocycles. The third-order valence-electron chi connectivity index (χ3n) is 6.73. The van der Waals surface area contributed by atoms with Crippen LogP contribution in [0.4, 0.5) is 8.78 Å². The maximum absolute atomic E-state index is 13.7. The van der Waals surface area contributed by atoms with Crippen molar-refractivity contribution in [3.8, 4) is 0 Å². The van der Waals surface area contributed by atoms with E-state index >= 15 is 0 Å². The van der Waals surface area contributed by atoms with Crippen LogP contribution in [-0.2, 0) is 12.8 Å². The van der Waals surface area contributed by atoms with E-state index in [9.17, 15) is 8.78 Å². The van der Waals surface area contributed by atoms with E-state index in [1.165, 1.54) is 11.1 Å². The van der Waals surface area contributed by atoms with E-state index in [4.69, 9.17) is 0 Å². The summed E-state index contributed by atoms with van der Waals surface area (Å²) >= 11 is 0. The first kappa shape index (κ1) is 22.9. The summed E-state index contributed by atoms with van der Waals surface area (Å²) in [6.45, 7) is 7.96. The van der Waals surface area contributed by atoms with Crippen molar-refractivity contribution in [3.05, 3.63) is 71.3 Å². The van der Waals surface area contributed by atoms with Gasteiger partial charge in [-0.05, 0) is 81.9 Å². The number of hydrogen-bond acceptors (Lipinski definition) is 1. The Morgan fingerprint density at radius 3 is 2.13 bits per heavy atom. The quantitative estimate of drug-likeness (QED) is 0.432. The maximum Gasteiger partial charge on any atom is 0.132 e. The molecule has 164 valence electrons. The second kappa shape index (κ2) is 11.0. The summed E-state index contributed by atoms with van der Waals surface area (Å²) in [5.41, 5.74) is 3.88. The van der Waals surface area contributed by atoms with Gasteiger partial charge in [-0.25, -0.2) is 8.78 Å². The van der Waals surface area contributed by atoms with Gasteiger partial charge in [0.15, 0.2) is 0 Å². The lowest BCUT2D eigenvalue weighted by molar-refractivity contribution is 0.108.